The van der Waals surface area contributed by atoms with Crippen LogP contribution in [0.3, 0.4) is 0 Å². The molecule has 2 rings (SSSR count). The van der Waals surface area contributed by atoms with E-state index in [4.69, 9.17) is 3.73 Å². The summed E-state index contributed by atoms with van der Waals surface area (Å²) in [6.07, 6.45) is -0.147. The van der Waals surface area contributed by atoms with Crippen LogP contribution in [0, 0.1) is 6.92 Å². The molecule has 0 aliphatic heterocycles. The van der Waals surface area contributed by atoms with E-state index in [2.05, 4.69) is 5.32 Å². The van der Waals surface area contributed by atoms with Crippen LogP contribution >= 0.6 is 0 Å². The van der Waals surface area contributed by atoms with E-state index in [-0.39, 0.29) is 22.2 Å². The van der Waals surface area contributed by atoms with E-state index in [1.165, 1.54) is 13.0 Å². The molecule has 0 spiro atoms. The zero-order valence-electron chi connectivity index (χ0n) is 13.7. The Morgan fingerprint density at radius 3 is 2.52 bits per heavy atom. The van der Waals surface area contributed by atoms with Crippen molar-refractivity contribution in [3.63, 3.8) is 0 Å². The van der Waals surface area contributed by atoms with Crippen molar-refractivity contribution in [2.75, 3.05) is 5.32 Å². The van der Waals surface area contributed by atoms with E-state index in [0.717, 1.165) is 17.7 Å². The zero-order chi connectivity index (χ0) is 18.6. The second kappa shape index (κ2) is 7.59. The van der Waals surface area contributed by atoms with Crippen LogP contribution in [0.2, 0.25) is 0 Å². The van der Waals surface area contributed by atoms with Gasteiger partial charge in [0.25, 0.3) is 0 Å². The Bertz CT molecular complexity index is 864. The Kier molecular flexibility index (Phi) is 5.72. The van der Waals surface area contributed by atoms with Crippen LogP contribution in [0.15, 0.2) is 42.5 Å². The molecule has 0 saturated carbocycles. The van der Waals surface area contributed by atoms with E-state index in [1.54, 1.807) is 12.1 Å². The van der Waals surface area contributed by atoms with Crippen molar-refractivity contribution in [1.29, 1.82) is 0 Å². The maximum atomic E-state index is 12.6. The average molecular weight is 407 g/mol. The van der Waals surface area contributed by atoms with Gasteiger partial charge in [-0.3, -0.25) is 0 Å². The van der Waals surface area contributed by atoms with Gasteiger partial charge in [0.05, 0.1) is 0 Å². The van der Waals surface area contributed by atoms with Gasteiger partial charge in [-0.2, -0.15) is 0 Å². The first-order chi connectivity index (χ1) is 11.7. The summed E-state index contributed by atoms with van der Waals surface area (Å²) >= 11 is -5.27. The topological polar surface area (TPSA) is 113 Å². The predicted molar refractivity (Wildman–Crippen MR) is 91.7 cm³/mol. The molecular formula is C17H18AsNO6. The van der Waals surface area contributed by atoms with E-state index in [1.807, 2.05) is 19.1 Å². The average Bonchev–Trinajstić information content (AvgIpc) is 2.48. The number of hydrogen-bond acceptors (Lipinski definition) is 5. The first kappa shape index (κ1) is 18.8. The number of amides is 1. The van der Waals surface area contributed by atoms with Gasteiger partial charge >= 0.3 is 147 Å². The van der Waals surface area contributed by atoms with E-state index in [0.29, 0.717) is 5.56 Å². The first-order valence-electron chi connectivity index (χ1n) is 7.40. The molecule has 1 amide bonds. The molecule has 7 nitrogen and oxygen atoms in total. The van der Waals surface area contributed by atoms with Crippen LogP contribution in [0.5, 0.6) is 5.75 Å². The van der Waals surface area contributed by atoms with E-state index >= 15 is 0 Å². The Labute approximate surface area is 147 Å². The molecule has 0 aliphatic carbocycles. The van der Waals surface area contributed by atoms with Crippen molar-refractivity contribution in [2.45, 2.75) is 20.3 Å². The third-order valence-electron chi connectivity index (χ3n) is 3.42. The molecule has 3 N–H and O–H groups in total. The molecule has 25 heavy (non-hydrogen) atoms. The normalized spacial score (nSPS) is 12.9. The summed E-state index contributed by atoms with van der Waals surface area (Å²) in [4.78, 5) is 23.3. The quantitative estimate of drug-likeness (QED) is 0.638. The minimum atomic E-state index is -5.27. The van der Waals surface area contributed by atoms with Gasteiger partial charge in [0.15, 0.2) is 0 Å². The number of aromatic hydroxyl groups is 1. The van der Waals surface area contributed by atoms with Crippen LogP contribution in [-0.2, 0) is 23.5 Å². The third-order valence-corrected chi connectivity index (χ3v) is 6.46. The molecule has 2 aromatic rings. The summed E-state index contributed by atoms with van der Waals surface area (Å²) in [5, 5.41) is 11.8. The van der Waals surface area contributed by atoms with Gasteiger partial charge < -0.3 is 0 Å². The molecule has 1 unspecified atom stereocenters. The standard InChI is InChI=1S/C17H18AsNO6/c1-11-5-3-4-6-13(11)9-17(22)25-18(23,24)15-8-7-14(21)10-16(15)19-12(2)20/h3-8,10,21H,9H2,1-2H3,(H,19,20)(H,23,24). The fourth-order valence-electron chi connectivity index (χ4n) is 2.24. The SMILES string of the molecule is CC(=O)Nc1cc(O)ccc1[As](=O)(O)OC(=O)Cc1ccccc1C. The molecular weight excluding hydrogens is 389 g/mol. The Balaban J connectivity index is 2.24. The number of rotatable bonds is 5. The summed E-state index contributed by atoms with van der Waals surface area (Å²) in [6.45, 7) is 3.04. The van der Waals surface area contributed by atoms with Gasteiger partial charge in [0.2, 0.25) is 0 Å². The summed E-state index contributed by atoms with van der Waals surface area (Å²) in [7, 11) is 0. The minimum absolute atomic E-state index is 0.0683. The second-order valence-corrected chi connectivity index (χ2v) is 9.05. The van der Waals surface area contributed by atoms with E-state index < -0.39 is 26.0 Å². The molecule has 0 aliphatic rings. The number of nitrogens with one attached hydrogen (secondary N) is 1. The van der Waals surface area contributed by atoms with Gasteiger partial charge in [-0.1, -0.05) is 0 Å². The van der Waals surface area contributed by atoms with Gasteiger partial charge in [-0.15, -0.1) is 0 Å². The molecule has 0 aromatic heterocycles. The molecule has 0 bridgehead atoms. The Hall–Kier alpha value is -2.50. The van der Waals surface area contributed by atoms with Gasteiger partial charge in [0.1, 0.15) is 0 Å². The number of phenolic OH excluding ortho intramolecular Hbond substituents is 1. The molecule has 0 fully saturated rings. The van der Waals surface area contributed by atoms with Gasteiger partial charge in [-0.25, -0.2) is 0 Å². The third kappa shape index (κ3) is 4.98. The van der Waals surface area contributed by atoms with Crippen LogP contribution in [-0.4, -0.2) is 35.3 Å². The molecule has 8 heteroatoms. The predicted octanol–water partition coefficient (Wildman–Crippen LogP) is 1.01. The summed E-state index contributed by atoms with van der Waals surface area (Å²) in [5.41, 5.74) is 1.49. The number of carbonyl (C=O) groups excluding carboxylic acids is 2. The maximum absolute atomic E-state index is 12.6. The van der Waals surface area contributed by atoms with Crippen molar-refractivity contribution in [3.8, 4) is 5.75 Å². The fraction of sp³-hybridized carbons (Fsp3) is 0.176. The fourth-order valence-corrected chi connectivity index (χ4v) is 4.61. The Morgan fingerprint density at radius 2 is 1.88 bits per heavy atom. The van der Waals surface area contributed by atoms with E-state index in [9.17, 15) is 22.5 Å². The molecule has 0 saturated heterocycles. The van der Waals surface area contributed by atoms with Crippen LogP contribution < -0.4 is 9.67 Å². The molecule has 132 valence electrons. The summed E-state index contributed by atoms with van der Waals surface area (Å²) in [6, 6.07) is 10.6. The van der Waals surface area contributed by atoms with Gasteiger partial charge in [-0.05, 0) is 0 Å². The zero-order valence-corrected chi connectivity index (χ0v) is 15.6. The van der Waals surface area contributed by atoms with Crippen LogP contribution in [0.1, 0.15) is 18.1 Å². The number of aryl methyl sites for hydroxylation is 1. The Morgan fingerprint density at radius 1 is 1.20 bits per heavy atom. The van der Waals surface area contributed by atoms with Crippen LogP contribution in [0.25, 0.3) is 0 Å². The van der Waals surface area contributed by atoms with Crippen molar-refractivity contribution >= 4 is 36.1 Å². The second-order valence-electron chi connectivity index (χ2n) is 5.47. The molecule has 0 heterocycles. The number of anilines is 1. The number of carbonyl (C=O) groups is 2. The first-order valence-corrected chi connectivity index (χ1v) is 10.7. The van der Waals surface area contributed by atoms with Crippen molar-refractivity contribution in [1.82, 2.24) is 0 Å². The van der Waals surface area contributed by atoms with Crippen molar-refractivity contribution in [3.05, 3.63) is 53.6 Å². The molecule has 2 aromatic carbocycles. The molecule has 0 radical (unpaired) electrons. The number of benzene rings is 2. The summed E-state index contributed by atoms with van der Waals surface area (Å²) in [5.74, 6) is -1.54. The summed E-state index contributed by atoms with van der Waals surface area (Å²) < 4.78 is 27.4. The molecule has 1 atom stereocenters. The van der Waals surface area contributed by atoms with Crippen LogP contribution in [0.4, 0.5) is 5.69 Å². The number of phenols is 1. The monoisotopic (exact) mass is 407 g/mol. The van der Waals surface area contributed by atoms with Crippen molar-refractivity contribution in [2.24, 2.45) is 0 Å². The van der Waals surface area contributed by atoms with Gasteiger partial charge in [0, 0.05) is 0 Å². The van der Waals surface area contributed by atoms with Crippen molar-refractivity contribution < 1.29 is 26.3 Å². The number of hydrogen-bond donors (Lipinski definition) is 3.